The zero-order chi connectivity index (χ0) is 7.56. The SMILES string of the molecule is O=S(O)c1ccc(Cl)nc1.[NaH]. The van der Waals surface area contributed by atoms with Gasteiger partial charge in [-0.2, -0.15) is 0 Å². The van der Waals surface area contributed by atoms with Gasteiger partial charge in [-0.25, -0.2) is 9.19 Å². The Hall–Kier alpha value is 0.550. The molecule has 1 heterocycles. The molecule has 0 bridgehead atoms. The average molecular weight is 202 g/mol. The van der Waals surface area contributed by atoms with Gasteiger partial charge in [0.2, 0.25) is 0 Å². The minimum atomic E-state index is -1.96. The van der Waals surface area contributed by atoms with Crippen molar-refractivity contribution in [3.63, 3.8) is 0 Å². The first kappa shape index (κ1) is 11.6. The van der Waals surface area contributed by atoms with Crippen LogP contribution in [0.1, 0.15) is 0 Å². The summed E-state index contributed by atoms with van der Waals surface area (Å²) in [7, 11) is 0. The molecule has 6 heteroatoms. The average Bonchev–Trinajstić information content (AvgIpc) is 1.88. The maximum atomic E-state index is 10.3. The zero-order valence-electron chi connectivity index (χ0n) is 4.82. The molecule has 1 aromatic rings. The van der Waals surface area contributed by atoms with E-state index in [1.807, 2.05) is 0 Å². The Balaban J connectivity index is 0.000001000. The maximum absolute atomic E-state index is 10.3. The van der Waals surface area contributed by atoms with Crippen molar-refractivity contribution in [2.75, 3.05) is 0 Å². The van der Waals surface area contributed by atoms with E-state index >= 15 is 0 Å². The number of nitrogens with zero attached hydrogens (tertiary/aromatic N) is 1. The van der Waals surface area contributed by atoms with E-state index in [1.54, 1.807) is 0 Å². The summed E-state index contributed by atoms with van der Waals surface area (Å²) < 4.78 is 18.8. The number of aromatic nitrogens is 1. The van der Waals surface area contributed by atoms with Crippen LogP contribution in [-0.4, -0.2) is 43.3 Å². The Morgan fingerprint density at radius 2 is 2.18 bits per heavy atom. The molecule has 0 amide bonds. The van der Waals surface area contributed by atoms with Crippen molar-refractivity contribution in [3.8, 4) is 0 Å². The standard InChI is InChI=1S/C5H4ClNO2S.Na.H/c6-5-2-1-4(3-7-5)10(8)9;;/h1-3H,(H,8,9);;. The molecule has 11 heavy (non-hydrogen) atoms. The van der Waals surface area contributed by atoms with Crippen molar-refractivity contribution in [1.29, 1.82) is 0 Å². The van der Waals surface area contributed by atoms with Gasteiger partial charge in [0.1, 0.15) is 5.15 Å². The van der Waals surface area contributed by atoms with Crippen LogP contribution < -0.4 is 0 Å². The molecule has 0 aliphatic carbocycles. The van der Waals surface area contributed by atoms with E-state index in [9.17, 15) is 4.21 Å². The van der Waals surface area contributed by atoms with Crippen LogP contribution in [0.3, 0.4) is 0 Å². The fourth-order valence-electron chi connectivity index (χ4n) is 0.466. The van der Waals surface area contributed by atoms with Gasteiger partial charge < -0.3 is 4.55 Å². The molecule has 0 aliphatic heterocycles. The molecule has 56 valence electrons. The van der Waals surface area contributed by atoms with Gasteiger partial charge in [-0.3, -0.25) is 0 Å². The molecule has 0 saturated carbocycles. The molecule has 0 saturated heterocycles. The van der Waals surface area contributed by atoms with E-state index in [1.165, 1.54) is 18.3 Å². The summed E-state index contributed by atoms with van der Waals surface area (Å²) >= 11 is 3.47. The summed E-state index contributed by atoms with van der Waals surface area (Å²) in [5.74, 6) is 0. The number of hydrogen-bond acceptors (Lipinski definition) is 2. The van der Waals surface area contributed by atoms with Crippen molar-refractivity contribution < 1.29 is 8.76 Å². The summed E-state index contributed by atoms with van der Waals surface area (Å²) in [5, 5.41) is 0.314. The second kappa shape index (κ2) is 5.24. The first-order chi connectivity index (χ1) is 4.70. The molecular formula is C5H5ClNNaO2S. The number of halogens is 1. The van der Waals surface area contributed by atoms with Gasteiger partial charge in [-0.05, 0) is 12.1 Å². The number of hydrogen-bond donors (Lipinski definition) is 1. The van der Waals surface area contributed by atoms with Gasteiger partial charge in [0.25, 0.3) is 0 Å². The van der Waals surface area contributed by atoms with Crippen LogP contribution in [0.4, 0.5) is 0 Å². The summed E-state index contributed by atoms with van der Waals surface area (Å²) in [5.41, 5.74) is 0. The normalized spacial score (nSPS) is 11.8. The molecule has 1 aromatic heterocycles. The van der Waals surface area contributed by atoms with Gasteiger partial charge in [-0.1, -0.05) is 11.6 Å². The van der Waals surface area contributed by atoms with Gasteiger partial charge in [0, 0.05) is 6.20 Å². The Bertz CT molecular complexity index is 253. The monoisotopic (exact) mass is 201 g/mol. The summed E-state index contributed by atoms with van der Waals surface area (Å²) in [6, 6.07) is 2.91. The molecule has 0 aromatic carbocycles. The third kappa shape index (κ3) is 3.64. The van der Waals surface area contributed by atoms with Crippen molar-refractivity contribution >= 4 is 52.2 Å². The molecule has 1 atom stereocenters. The van der Waals surface area contributed by atoms with Gasteiger partial charge >= 0.3 is 29.6 Å². The van der Waals surface area contributed by atoms with Crippen molar-refractivity contribution in [3.05, 3.63) is 23.5 Å². The fourth-order valence-corrected chi connectivity index (χ4v) is 0.905. The number of pyridine rings is 1. The Morgan fingerprint density at radius 1 is 1.55 bits per heavy atom. The van der Waals surface area contributed by atoms with E-state index in [0.717, 1.165) is 0 Å². The van der Waals surface area contributed by atoms with Gasteiger partial charge in [-0.15, -0.1) is 0 Å². The summed E-state index contributed by atoms with van der Waals surface area (Å²) in [6.07, 6.45) is 1.26. The van der Waals surface area contributed by atoms with Gasteiger partial charge in [0.15, 0.2) is 11.1 Å². The number of rotatable bonds is 1. The van der Waals surface area contributed by atoms with Crippen LogP contribution in [-0.2, 0) is 11.1 Å². The van der Waals surface area contributed by atoms with Crippen molar-refractivity contribution in [1.82, 2.24) is 4.98 Å². The third-order valence-corrected chi connectivity index (χ3v) is 1.77. The van der Waals surface area contributed by atoms with E-state index in [-0.39, 0.29) is 34.5 Å². The van der Waals surface area contributed by atoms with Crippen molar-refractivity contribution in [2.24, 2.45) is 0 Å². The van der Waals surface area contributed by atoms with Crippen LogP contribution in [0, 0.1) is 0 Å². The Morgan fingerprint density at radius 3 is 2.55 bits per heavy atom. The van der Waals surface area contributed by atoms with Crippen LogP contribution >= 0.6 is 11.6 Å². The Labute approximate surface area is 93.7 Å². The zero-order valence-corrected chi connectivity index (χ0v) is 6.39. The molecule has 1 rings (SSSR count). The minimum absolute atomic E-state index is 0. The van der Waals surface area contributed by atoms with Crippen LogP contribution in [0.15, 0.2) is 23.2 Å². The van der Waals surface area contributed by atoms with Crippen molar-refractivity contribution in [2.45, 2.75) is 4.90 Å². The van der Waals surface area contributed by atoms with Crippen LogP contribution in [0.2, 0.25) is 5.15 Å². The molecule has 1 unspecified atom stereocenters. The van der Waals surface area contributed by atoms with Crippen LogP contribution in [0.25, 0.3) is 0 Å². The first-order valence-electron chi connectivity index (χ1n) is 2.42. The molecule has 0 aliphatic rings. The van der Waals surface area contributed by atoms with Crippen LogP contribution in [0.5, 0.6) is 0 Å². The van der Waals surface area contributed by atoms with E-state index in [4.69, 9.17) is 16.2 Å². The quantitative estimate of drug-likeness (QED) is 0.413. The van der Waals surface area contributed by atoms with Gasteiger partial charge in [0.05, 0.1) is 4.90 Å². The molecule has 3 nitrogen and oxygen atoms in total. The fraction of sp³-hybridized carbons (Fsp3) is 0. The summed E-state index contributed by atoms with van der Waals surface area (Å²) in [4.78, 5) is 3.87. The molecular weight excluding hydrogens is 197 g/mol. The second-order valence-corrected chi connectivity index (χ2v) is 2.92. The molecule has 0 spiro atoms. The van der Waals surface area contributed by atoms with E-state index in [0.29, 0.717) is 5.15 Å². The molecule has 0 fully saturated rings. The molecule has 0 radical (unpaired) electrons. The predicted molar refractivity (Wildman–Crippen MR) is 45.4 cm³/mol. The topological polar surface area (TPSA) is 50.2 Å². The first-order valence-corrected chi connectivity index (χ1v) is 3.91. The van der Waals surface area contributed by atoms with E-state index < -0.39 is 11.1 Å². The third-order valence-electron chi connectivity index (χ3n) is 0.902. The summed E-state index contributed by atoms with van der Waals surface area (Å²) in [6.45, 7) is 0. The predicted octanol–water partition coefficient (Wildman–Crippen LogP) is 0.667. The second-order valence-electron chi connectivity index (χ2n) is 1.57. The Kier molecular flexibility index (Phi) is 5.50. The van der Waals surface area contributed by atoms with E-state index in [2.05, 4.69) is 4.98 Å². The molecule has 1 N–H and O–H groups in total.